The lowest BCUT2D eigenvalue weighted by Crippen LogP contribution is -2.32. The van der Waals surface area contributed by atoms with Crippen molar-refractivity contribution >= 4 is 5.84 Å². The van der Waals surface area contributed by atoms with Crippen molar-refractivity contribution in [3.05, 3.63) is 34.2 Å². The fraction of sp³-hybridized carbons (Fsp3) is 0.400. The fourth-order valence-electron chi connectivity index (χ4n) is 1.14. The lowest BCUT2D eigenvalue weighted by atomic mass is 10.2. The SMILES string of the molecule is CCCN=C(NN)c1ccn(C)c(=O)c1. The average molecular weight is 208 g/mol. The third kappa shape index (κ3) is 2.92. The molecule has 0 spiro atoms. The van der Waals surface area contributed by atoms with Crippen molar-refractivity contribution in [3.63, 3.8) is 0 Å². The molecule has 0 radical (unpaired) electrons. The van der Waals surface area contributed by atoms with E-state index >= 15 is 0 Å². The van der Waals surface area contributed by atoms with Gasteiger partial charge in [-0.15, -0.1) is 0 Å². The Hall–Kier alpha value is -1.62. The molecule has 1 rings (SSSR count). The third-order valence-corrected chi connectivity index (χ3v) is 2.01. The van der Waals surface area contributed by atoms with Crippen molar-refractivity contribution in [2.24, 2.45) is 17.9 Å². The molecule has 0 aliphatic heterocycles. The van der Waals surface area contributed by atoms with Gasteiger partial charge in [-0.25, -0.2) is 5.84 Å². The van der Waals surface area contributed by atoms with Crippen LogP contribution in [0.1, 0.15) is 18.9 Å². The molecule has 1 aromatic rings. The second kappa shape index (κ2) is 5.31. The van der Waals surface area contributed by atoms with Gasteiger partial charge in [0, 0.05) is 31.4 Å². The van der Waals surface area contributed by atoms with E-state index < -0.39 is 0 Å². The monoisotopic (exact) mass is 208 g/mol. The van der Waals surface area contributed by atoms with Crippen LogP contribution in [-0.4, -0.2) is 16.9 Å². The second-order valence-corrected chi connectivity index (χ2v) is 3.24. The molecule has 15 heavy (non-hydrogen) atoms. The number of aliphatic imine (C=N–C) groups is 1. The quantitative estimate of drug-likeness (QED) is 0.318. The number of hydrogen-bond donors (Lipinski definition) is 2. The Kier molecular flexibility index (Phi) is 4.05. The summed E-state index contributed by atoms with van der Waals surface area (Å²) in [4.78, 5) is 15.6. The Morgan fingerprint density at radius 2 is 2.40 bits per heavy atom. The summed E-state index contributed by atoms with van der Waals surface area (Å²) < 4.78 is 1.50. The minimum absolute atomic E-state index is 0.0769. The van der Waals surface area contributed by atoms with Gasteiger partial charge in [0.15, 0.2) is 0 Å². The Morgan fingerprint density at radius 1 is 1.67 bits per heavy atom. The highest BCUT2D eigenvalue weighted by molar-refractivity contribution is 5.98. The molecule has 0 atom stereocenters. The predicted molar refractivity (Wildman–Crippen MR) is 60.7 cm³/mol. The van der Waals surface area contributed by atoms with Crippen molar-refractivity contribution in [3.8, 4) is 0 Å². The van der Waals surface area contributed by atoms with E-state index in [1.54, 1.807) is 19.3 Å². The fourth-order valence-corrected chi connectivity index (χ4v) is 1.14. The highest BCUT2D eigenvalue weighted by Gasteiger charge is 2.02. The maximum Gasteiger partial charge on any atom is 0.250 e. The van der Waals surface area contributed by atoms with E-state index in [0.29, 0.717) is 17.9 Å². The molecule has 1 aromatic heterocycles. The minimum atomic E-state index is -0.0769. The molecule has 82 valence electrons. The van der Waals surface area contributed by atoms with Crippen LogP contribution in [0.5, 0.6) is 0 Å². The van der Waals surface area contributed by atoms with Crippen LogP contribution in [0.25, 0.3) is 0 Å². The number of nitrogens with zero attached hydrogens (tertiary/aromatic N) is 2. The predicted octanol–water partition coefficient (Wildman–Crippen LogP) is 0.00520. The maximum atomic E-state index is 11.4. The first-order valence-corrected chi connectivity index (χ1v) is 4.87. The van der Waals surface area contributed by atoms with Crippen LogP contribution in [0.15, 0.2) is 28.1 Å². The topological polar surface area (TPSA) is 72.4 Å². The van der Waals surface area contributed by atoms with E-state index in [1.165, 1.54) is 10.6 Å². The number of aryl methyl sites for hydroxylation is 1. The first-order chi connectivity index (χ1) is 7.19. The number of amidine groups is 1. The molecule has 0 amide bonds. The molecule has 0 saturated heterocycles. The largest absolute Gasteiger partial charge is 0.319 e. The van der Waals surface area contributed by atoms with E-state index in [4.69, 9.17) is 5.84 Å². The van der Waals surface area contributed by atoms with Crippen LogP contribution in [0.4, 0.5) is 0 Å². The van der Waals surface area contributed by atoms with Crippen molar-refractivity contribution in [2.45, 2.75) is 13.3 Å². The number of hydrogen-bond acceptors (Lipinski definition) is 3. The van der Waals surface area contributed by atoms with E-state index in [9.17, 15) is 4.79 Å². The maximum absolute atomic E-state index is 11.4. The summed E-state index contributed by atoms with van der Waals surface area (Å²) in [5.41, 5.74) is 3.14. The van der Waals surface area contributed by atoms with Crippen LogP contribution in [0.3, 0.4) is 0 Å². The van der Waals surface area contributed by atoms with E-state index in [-0.39, 0.29) is 5.56 Å². The molecule has 0 aliphatic rings. The van der Waals surface area contributed by atoms with Crippen LogP contribution >= 0.6 is 0 Å². The minimum Gasteiger partial charge on any atom is -0.319 e. The highest BCUT2D eigenvalue weighted by Crippen LogP contribution is 1.95. The third-order valence-electron chi connectivity index (χ3n) is 2.01. The summed E-state index contributed by atoms with van der Waals surface area (Å²) in [6.07, 6.45) is 2.63. The zero-order valence-electron chi connectivity index (χ0n) is 9.03. The molecule has 0 aromatic carbocycles. The number of hydrazine groups is 1. The van der Waals surface area contributed by atoms with Gasteiger partial charge < -0.3 is 9.99 Å². The molecule has 5 nitrogen and oxygen atoms in total. The lowest BCUT2D eigenvalue weighted by Gasteiger charge is -2.05. The van der Waals surface area contributed by atoms with Gasteiger partial charge in [-0.3, -0.25) is 9.79 Å². The summed E-state index contributed by atoms with van der Waals surface area (Å²) >= 11 is 0. The number of nitrogens with one attached hydrogen (secondary N) is 1. The van der Waals surface area contributed by atoms with Gasteiger partial charge >= 0.3 is 0 Å². The summed E-state index contributed by atoms with van der Waals surface area (Å²) in [7, 11) is 1.70. The Bertz CT molecular complexity index is 408. The molecule has 1 heterocycles. The van der Waals surface area contributed by atoms with Crippen LogP contribution in [0.2, 0.25) is 0 Å². The Balaban J connectivity index is 3.03. The van der Waals surface area contributed by atoms with Gasteiger partial charge in [0.2, 0.25) is 0 Å². The van der Waals surface area contributed by atoms with Gasteiger partial charge in [0.05, 0.1) is 0 Å². The van der Waals surface area contributed by atoms with Gasteiger partial charge in [0.1, 0.15) is 5.84 Å². The molecule has 5 heteroatoms. The van der Waals surface area contributed by atoms with Crippen molar-refractivity contribution in [1.29, 1.82) is 0 Å². The summed E-state index contributed by atoms with van der Waals surface area (Å²) in [5.74, 6) is 5.89. The number of rotatable bonds is 3. The zero-order valence-corrected chi connectivity index (χ0v) is 9.03. The molecule has 0 unspecified atom stereocenters. The van der Waals surface area contributed by atoms with Crippen molar-refractivity contribution < 1.29 is 0 Å². The molecular weight excluding hydrogens is 192 g/mol. The molecule has 0 bridgehead atoms. The van der Waals surface area contributed by atoms with Crippen LogP contribution in [-0.2, 0) is 7.05 Å². The van der Waals surface area contributed by atoms with E-state index in [1.807, 2.05) is 6.92 Å². The smallest absolute Gasteiger partial charge is 0.250 e. The van der Waals surface area contributed by atoms with Crippen molar-refractivity contribution in [1.82, 2.24) is 9.99 Å². The van der Waals surface area contributed by atoms with Crippen LogP contribution < -0.4 is 16.8 Å². The van der Waals surface area contributed by atoms with Crippen molar-refractivity contribution in [2.75, 3.05) is 6.54 Å². The van der Waals surface area contributed by atoms with Gasteiger partial charge in [-0.05, 0) is 12.5 Å². The standard InChI is InChI=1S/C10H16N4O/c1-3-5-12-10(13-11)8-4-6-14(2)9(15)7-8/h4,6-7H,3,5,11H2,1-2H3,(H,12,13). The second-order valence-electron chi connectivity index (χ2n) is 3.24. The number of aromatic nitrogens is 1. The molecular formula is C10H16N4O. The number of pyridine rings is 1. The Labute approximate surface area is 88.6 Å². The molecule has 0 aliphatic carbocycles. The van der Waals surface area contributed by atoms with E-state index in [2.05, 4.69) is 10.4 Å². The summed E-state index contributed by atoms with van der Waals surface area (Å²) in [6.45, 7) is 2.72. The van der Waals surface area contributed by atoms with Gasteiger partial charge in [0.25, 0.3) is 5.56 Å². The summed E-state index contributed by atoms with van der Waals surface area (Å²) in [5, 5.41) is 0. The zero-order chi connectivity index (χ0) is 11.3. The van der Waals surface area contributed by atoms with Gasteiger partial charge in [-0.2, -0.15) is 0 Å². The summed E-state index contributed by atoms with van der Waals surface area (Å²) in [6, 6.07) is 3.31. The average Bonchev–Trinajstić information content (AvgIpc) is 2.24. The van der Waals surface area contributed by atoms with Crippen LogP contribution in [0, 0.1) is 0 Å². The highest BCUT2D eigenvalue weighted by atomic mass is 16.1. The first-order valence-electron chi connectivity index (χ1n) is 4.87. The van der Waals surface area contributed by atoms with Gasteiger partial charge in [-0.1, -0.05) is 6.92 Å². The molecule has 0 saturated carbocycles. The lowest BCUT2D eigenvalue weighted by molar-refractivity contribution is 0.855. The molecule has 0 fully saturated rings. The van der Waals surface area contributed by atoms with E-state index in [0.717, 1.165) is 6.42 Å². The normalized spacial score (nSPS) is 11.5. The number of nitrogens with two attached hydrogens (primary N) is 1. The Morgan fingerprint density at radius 3 is 2.93 bits per heavy atom. The first kappa shape index (κ1) is 11.5. The molecule has 3 N–H and O–H groups in total.